The molecular weight excluding hydrogens is 320 g/mol. The van der Waals surface area contributed by atoms with E-state index in [1.54, 1.807) is 23.9 Å². The van der Waals surface area contributed by atoms with Gasteiger partial charge in [0.1, 0.15) is 0 Å². The zero-order valence-corrected chi connectivity index (χ0v) is 14.9. The molecule has 0 saturated heterocycles. The molecule has 25 heavy (non-hydrogen) atoms. The molecule has 1 amide bonds. The summed E-state index contributed by atoms with van der Waals surface area (Å²) in [6.07, 6.45) is 6.56. The van der Waals surface area contributed by atoms with Crippen LogP contribution < -0.4 is 5.32 Å². The van der Waals surface area contributed by atoms with Gasteiger partial charge in [-0.25, -0.2) is 14.5 Å². The quantitative estimate of drug-likeness (QED) is 0.843. The number of pyridine rings is 1. The molecule has 1 N–H and O–H groups in total. The number of esters is 1. The molecule has 2 aromatic rings. The second kappa shape index (κ2) is 7.21. The Morgan fingerprint density at radius 2 is 1.96 bits per heavy atom. The minimum Gasteiger partial charge on any atom is -0.449 e. The Hall–Kier alpha value is -2.44. The Bertz CT molecular complexity index is 778. The van der Waals surface area contributed by atoms with Crippen molar-refractivity contribution in [3.8, 4) is 0 Å². The Morgan fingerprint density at radius 1 is 1.24 bits per heavy atom. The van der Waals surface area contributed by atoms with Gasteiger partial charge in [0, 0.05) is 23.7 Å². The Balaban J connectivity index is 1.66. The summed E-state index contributed by atoms with van der Waals surface area (Å²) in [6.45, 7) is 5.62. The van der Waals surface area contributed by atoms with Crippen LogP contribution in [-0.4, -0.2) is 38.8 Å². The highest BCUT2D eigenvalue weighted by Crippen LogP contribution is 2.19. The van der Waals surface area contributed by atoms with Gasteiger partial charge >= 0.3 is 5.97 Å². The molecule has 2 heterocycles. The van der Waals surface area contributed by atoms with Crippen molar-refractivity contribution in [2.24, 2.45) is 0 Å². The van der Waals surface area contributed by atoms with Crippen molar-refractivity contribution in [2.45, 2.75) is 64.6 Å². The van der Waals surface area contributed by atoms with E-state index in [-0.39, 0.29) is 18.0 Å². The molecule has 0 aliphatic heterocycles. The fourth-order valence-corrected chi connectivity index (χ4v) is 3.10. The summed E-state index contributed by atoms with van der Waals surface area (Å²) in [5, 5.41) is 7.99. The monoisotopic (exact) mass is 344 g/mol. The minimum atomic E-state index is -0.831. The van der Waals surface area contributed by atoms with Gasteiger partial charge in [-0.05, 0) is 39.7 Å². The average Bonchev–Trinajstić information content (AvgIpc) is 3.22. The number of nitrogens with one attached hydrogen (secondary N) is 1. The minimum absolute atomic E-state index is 0.183. The third-order valence-electron chi connectivity index (χ3n) is 4.51. The Labute approximate surface area is 146 Å². The molecule has 1 unspecified atom stereocenters. The lowest BCUT2D eigenvalue weighted by atomic mass is 10.2. The predicted octanol–water partition coefficient (Wildman–Crippen LogP) is 2.62. The SMILES string of the molecule is CC(OC(=O)c1cnc2c(cnn2C(C)C)c1)C(=O)NC1CCCC1. The maximum Gasteiger partial charge on any atom is 0.340 e. The van der Waals surface area contributed by atoms with Crippen LogP contribution in [0.3, 0.4) is 0 Å². The third kappa shape index (κ3) is 3.81. The van der Waals surface area contributed by atoms with E-state index in [0.29, 0.717) is 5.56 Å². The fraction of sp³-hybridized carbons (Fsp3) is 0.556. The number of rotatable bonds is 5. The highest BCUT2D eigenvalue weighted by atomic mass is 16.5. The lowest BCUT2D eigenvalue weighted by Crippen LogP contribution is -2.40. The maximum atomic E-state index is 12.3. The van der Waals surface area contributed by atoms with Crippen LogP contribution in [-0.2, 0) is 9.53 Å². The van der Waals surface area contributed by atoms with Crippen molar-refractivity contribution in [2.75, 3.05) is 0 Å². The van der Waals surface area contributed by atoms with Gasteiger partial charge in [0.15, 0.2) is 11.8 Å². The molecule has 1 saturated carbocycles. The summed E-state index contributed by atoms with van der Waals surface area (Å²) in [7, 11) is 0. The maximum absolute atomic E-state index is 12.3. The summed E-state index contributed by atoms with van der Waals surface area (Å²) in [6, 6.07) is 2.08. The molecular formula is C18H24N4O3. The first-order chi connectivity index (χ1) is 12.0. The molecule has 1 aliphatic carbocycles. The molecule has 7 heteroatoms. The lowest BCUT2D eigenvalue weighted by Gasteiger charge is -2.17. The Morgan fingerprint density at radius 3 is 2.64 bits per heavy atom. The molecule has 1 atom stereocenters. The van der Waals surface area contributed by atoms with Crippen LogP contribution in [0.1, 0.15) is 62.9 Å². The standard InChI is InChI=1S/C18H24N4O3/c1-11(2)22-16-13(10-20-22)8-14(9-19-16)18(24)25-12(3)17(23)21-15-6-4-5-7-15/h8-12,15H,4-7H2,1-3H3,(H,21,23). The van der Waals surface area contributed by atoms with Gasteiger partial charge in [-0.2, -0.15) is 5.10 Å². The first-order valence-corrected chi connectivity index (χ1v) is 8.80. The van der Waals surface area contributed by atoms with Crippen molar-refractivity contribution in [3.05, 3.63) is 24.0 Å². The van der Waals surface area contributed by atoms with Crippen LogP contribution in [0, 0.1) is 0 Å². The first-order valence-electron chi connectivity index (χ1n) is 8.80. The smallest absolute Gasteiger partial charge is 0.340 e. The number of carbonyl (C=O) groups is 2. The fourth-order valence-electron chi connectivity index (χ4n) is 3.10. The summed E-state index contributed by atoms with van der Waals surface area (Å²) < 4.78 is 7.09. The Kier molecular flexibility index (Phi) is 5.01. The van der Waals surface area contributed by atoms with E-state index in [0.717, 1.165) is 36.7 Å². The summed E-state index contributed by atoms with van der Waals surface area (Å²) in [5.41, 5.74) is 1.04. The summed E-state index contributed by atoms with van der Waals surface area (Å²) in [4.78, 5) is 28.8. The predicted molar refractivity (Wildman–Crippen MR) is 93.2 cm³/mol. The number of carbonyl (C=O) groups excluding carboxylic acids is 2. The number of aromatic nitrogens is 3. The molecule has 7 nitrogen and oxygen atoms in total. The molecule has 1 fully saturated rings. The number of fused-ring (bicyclic) bond motifs is 1. The number of hydrogen-bond acceptors (Lipinski definition) is 5. The van der Waals surface area contributed by atoms with Gasteiger partial charge in [0.2, 0.25) is 0 Å². The molecule has 0 radical (unpaired) electrons. The van der Waals surface area contributed by atoms with Crippen LogP contribution >= 0.6 is 0 Å². The molecule has 0 spiro atoms. The van der Waals surface area contributed by atoms with Gasteiger partial charge < -0.3 is 10.1 Å². The molecule has 1 aliphatic rings. The van der Waals surface area contributed by atoms with Crippen molar-refractivity contribution in [1.29, 1.82) is 0 Å². The van der Waals surface area contributed by atoms with Crippen LogP contribution in [0.15, 0.2) is 18.5 Å². The third-order valence-corrected chi connectivity index (χ3v) is 4.51. The van der Waals surface area contributed by atoms with Gasteiger partial charge in [-0.15, -0.1) is 0 Å². The van der Waals surface area contributed by atoms with Gasteiger partial charge in [0.25, 0.3) is 5.91 Å². The summed E-state index contributed by atoms with van der Waals surface area (Å²) in [5.74, 6) is -0.803. The van der Waals surface area contributed by atoms with Crippen molar-refractivity contribution in [1.82, 2.24) is 20.1 Å². The van der Waals surface area contributed by atoms with Gasteiger partial charge in [-0.1, -0.05) is 12.8 Å². The van der Waals surface area contributed by atoms with Crippen molar-refractivity contribution < 1.29 is 14.3 Å². The van der Waals surface area contributed by atoms with Gasteiger partial charge in [-0.3, -0.25) is 4.79 Å². The normalized spacial score (nSPS) is 16.3. The number of hydrogen-bond donors (Lipinski definition) is 1. The van der Waals surface area contributed by atoms with Gasteiger partial charge in [0.05, 0.1) is 11.8 Å². The molecule has 0 aromatic carbocycles. The highest BCUT2D eigenvalue weighted by Gasteiger charge is 2.24. The van der Waals surface area contributed by atoms with Crippen molar-refractivity contribution in [3.63, 3.8) is 0 Å². The second-order valence-electron chi connectivity index (χ2n) is 6.86. The highest BCUT2D eigenvalue weighted by molar-refractivity contribution is 5.94. The van der Waals surface area contributed by atoms with Crippen molar-refractivity contribution >= 4 is 22.9 Å². The van der Waals surface area contributed by atoms with E-state index in [1.807, 2.05) is 13.8 Å². The zero-order valence-electron chi connectivity index (χ0n) is 14.9. The van der Waals surface area contributed by atoms with E-state index in [2.05, 4.69) is 15.4 Å². The largest absolute Gasteiger partial charge is 0.449 e. The van der Waals surface area contributed by atoms with Crippen LogP contribution in [0.5, 0.6) is 0 Å². The van der Waals surface area contributed by atoms with E-state index >= 15 is 0 Å². The van der Waals surface area contributed by atoms with Crippen LogP contribution in [0.2, 0.25) is 0 Å². The lowest BCUT2D eigenvalue weighted by molar-refractivity contribution is -0.129. The molecule has 3 rings (SSSR count). The molecule has 134 valence electrons. The summed E-state index contributed by atoms with van der Waals surface area (Å²) >= 11 is 0. The van der Waals surface area contributed by atoms with E-state index in [1.165, 1.54) is 6.20 Å². The second-order valence-corrected chi connectivity index (χ2v) is 6.86. The van der Waals surface area contributed by atoms with E-state index in [9.17, 15) is 9.59 Å². The number of ether oxygens (including phenoxy) is 1. The van der Waals surface area contributed by atoms with Crippen LogP contribution in [0.4, 0.5) is 0 Å². The number of nitrogens with zero attached hydrogens (tertiary/aromatic N) is 3. The zero-order chi connectivity index (χ0) is 18.0. The molecule has 0 bridgehead atoms. The number of amides is 1. The van der Waals surface area contributed by atoms with Crippen LogP contribution in [0.25, 0.3) is 11.0 Å². The average molecular weight is 344 g/mol. The van der Waals surface area contributed by atoms with E-state index < -0.39 is 12.1 Å². The topological polar surface area (TPSA) is 86.1 Å². The molecule has 2 aromatic heterocycles. The first kappa shape index (κ1) is 17.4. The van der Waals surface area contributed by atoms with E-state index in [4.69, 9.17) is 4.74 Å².